The lowest BCUT2D eigenvalue weighted by molar-refractivity contribution is -0.124. The molecule has 2 aromatic heterocycles. The fraction of sp³-hybridized carbons (Fsp3) is 0.520. The number of hydrogen-bond donors (Lipinski definition) is 2. The predicted octanol–water partition coefficient (Wildman–Crippen LogP) is 3.19. The van der Waals surface area contributed by atoms with Gasteiger partial charge in [-0.1, -0.05) is 29.3 Å². The molecule has 0 aliphatic carbocycles. The van der Waals surface area contributed by atoms with Crippen molar-refractivity contribution in [3.8, 4) is 0 Å². The largest absolute Gasteiger partial charge is 0.395 e. The first kappa shape index (κ1) is 25.2. The fourth-order valence-electron chi connectivity index (χ4n) is 5.75. The average Bonchev–Trinajstić information content (AvgIpc) is 3.47. The summed E-state index contributed by atoms with van der Waals surface area (Å²) in [6.07, 6.45) is 4.48. The number of aliphatic hydroxyl groups is 1. The number of aromatic nitrogens is 4. The molecule has 1 amide bonds. The Hall–Kier alpha value is -2.46. The molecule has 1 aromatic carbocycles. The molecule has 0 spiro atoms. The number of likely N-dealkylation sites (tertiary alicyclic amines) is 1. The lowest BCUT2D eigenvalue weighted by atomic mass is 9.89. The van der Waals surface area contributed by atoms with Crippen molar-refractivity contribution in [3.05, 3.63) is 45.7 Å². The van der Waals surface area contributed by atoms with Gasteiger partial charge in [-0.15, -0.1) is 0 Å². The zero-order valence-corrected chi connectivity index (χ0v) is 22.0. The van der Waals surface area contributed by atoms with Gasteiger partial charge in [-0.25, -0.2) is 14.6 Å². The number of aliphatic hydroxyl groups excluding tert-OH is 1. The van der Waals surface area contributed by atoms with Crippen LogP contribution in [0, 0.1) is 12.8 Å². The number of anilines is 1. The highest BCUT2D eigenvalue weighted by Crippen LogP contribution is 2.33. The van der Waals surface area contributed by atoms with E-state index in [1.807, 2.05) is 30.7 Å². The molecule has 36 heavy (non-hydrogen) atoms. The van der Waals surface area contributed by atoms with Gasteiger partial charge >= 0.3 is 0 Å². The predicted molar refractivity (Wildman–Crippen MR) is 140 cm³/mol. The van der Waals surface area contributed by atoms with Crippen molar-refractivity contribution in [2.24, 2.45) is 11.7 Å². The number of halogens is 2. The van der Waals surface area contributed by atoms with Gasteiger partial charge in [0.1, 0.15) is 11.3 Å². The van der Waals surface area contributed by atoms with Gasteiger partial charge in [0.15, 0.2) is 5.65 Å². The second-order valence-corrected chi connectivity index (χ2v) is 10.6. The van der Waals surface area contributed by atoms with Gasteiger partial charge in [-0.05, 0) is 57.4 Å². The van der Waals surface area contributed by atoms with Crippen LogP contribution in [0.2, 0.25) is 10.0 Å². The van der Waals surface area contributed by atoms with E-state index in [1.165, 1.54) is 0 Å². The number of benzene rings is 1. The zero-order valence-electron chi connectivity index (χ0n) is 20.4. The van der Waals surface area contributed by atoms with Crippen molar-refractivity contribution in [2.45, 2.75) is 51.2 Å². The lowest BCUT2D eigenvalue weighted by Crippen LogP contribution is -2.57. The van der Waals surface area contributed by atoms with Crippen LogP contribution in [-0.4, -0.2) is 74.0 Å². The van der Waals surface area contributed by atoms with Crippen LogP contribution >= 0.6 is 23.2 Å². The van der Waals surface area contributed by atoms with Crippen molar-refractivity contribution in [3.63, 3.8) is 0 Å². The van der Waals surface area contributed by atoms with Gasteiger partial charge < -0.3 is 15.7 Å². The third-order valence-corrected chi connectivity index (χ3v) is 8.23. The summed E-state index contributed by atoms with van der Waals surface area (Å²) in [5.41, 5.74) is 8.91. The van der Waals surface area contributed by atoms with Crippen LogP contribution < -0.4 is 10.6 Å². The minimum atomic E-state index is -0.359. The van der Waals surface area contributed by atoms with Crippen molar-refractivity contribution >= 4 is 46.1 Å². The number of nitrogens with two attached hydrogens (primary N) is 1. The second kappa shape index (κ2) is 10.1. The summed E-state index contributed by atoms with van der Waals surface area (Å²) in [6.45, 7) is 6.08. The summed E-state index contributed by atoms with van der Waals surface area (Å²) in [5.74, 6) is -0.000981. The van der Waals surface area contributed by atoms with Crippen molar-refractivity contribution < 1.29 is 9.90 Å². The Bertz CT molecular complexity index is 1280. The number of piperidine rings is 1. The smallest absolute Gasteiger partial charge is 0.223 e. The molecule has 2 fully saturated rings. The van der Waals surface area contributed by atoms with Gasteiger partial charge in [0, 0.05) is 35.2 Å². The minimum Gasteiger partial charge on any atom is -0.395 e. The number of nitrogens with zero attached hydrogens (tertiary/aromatic N) is 6. The standard InChI is InChI=1S/C25H31Cl2N7O2/c1-14-23-25(34(31-14)15(2)18-6-5-16(26)10-20(18)27)30-22(11-29-23)32-9-7-21(19(12-32)24(28)36)33-8-3-4-17(33)13-35/h5-6,10-11,15,17,19,21,35H,3-4,7-9,12-13H2,1-2H3,(H2,28,36)/t15-,17?,19-,21+/m1/s1. The molecule has 0 saturated carbocycles. The molecule has 192 valence electrons. The molecule has 11 heteroatoms. The molecule has 4 heterocycles. The molecular formula is C25H31Cl2N7O2. The molecule has 2 saturated heterocycles. The van der Waals surface area contributed by atoms with Crippen LogP contribution in [0.1, 0.15) is 43.5 Å². The average molecular weight is 532 g/mol. The van der Waals surface area contributed by atoms with Gasteiger partial charge in [0.2, 0.25) is 5.91 Å². The number of carbonyl (C=O) groups is 1. The molecule has 5 rings (SSSR count). The number of carbonyl (C=O) groups excluding carboxylic acids is 1. The van der Waals surface area contributed by atoms with E-state index in [0.717, 1.165) is 49.1 Å². The first-order valence-corrected chi connectivity index (χ1v) is 13.1. The van der Waals surface area contributed by atoms with Crippen molar-refractivity contribution in [2.75, 3.05) is 31.1 Å². The van der Waals surface area contributed by atoms with E-state index in [4.69, 9.17) is 39.0 Å². The highest BCUT2D eigenvalue weighted by atomic mass is 35.5. The number of amides is 1. The van der Waals surface area contributed by atoms with E-state index in [0.29, 0.717) is 28.1 Å². The van der Waals surface area contributed by atoms with Crippen molar-refractivity contribution in [1.82, 2.24) is 24.6 Å². The third kappa shape index (κ3) is 4.53. The van der Waals surface area contributed by atoms with Crippen LogP contribution in [0.3, 0.4) is 0 Å². The van der Waals surface area contributed by atoms with Gasteiger partial charge in [-0.2, -0.15) is 5.10 Å². The first-order valence-electron chi connectivity index (χ1n) is 12.4. The normalized spacial score (nSPS) is 23.9. The Labute approximate surface area is 220 Å². The number of aryl methyl sites for hydroxylation is 1. The maximum atomic E-state index is 12.5. The number of primary amides is 1. The lowest BCUT2D eigenvalue weighted by Gasteiger charge is -2.43. The summed E-state index contributed by atoms with van der Waals surface area (Å²) < 4.78 is 1.84. The molecule has 3 N–H and O–H groups in total. The maximum absolute atomic E-state index is 12.5. The van der Waals surface area contributed by atoms with Gasteiger partial charge in [0.05, 0.1) is 30.5 Å². The first-order chi connectivity index (χ1) is 17.3. The topological polar surface area (TPSA) is 113 Å². The third-order valence-electron chi connectivity index (χ3n) is 7.66. The van der Waals surface area contributed by atoms with Crippen molar-refractivity contribution in [1.29, 1.82) is 0 Å². The maximum Gasteiger partial charge on any atom is 0.223 e. The number of rotatable bonds is 6. The van der Waals surface area contributed by atoms with Crippen LogP contribution in [0.4, 0.5) is 5.82 Å². The molecule has 9 nitrogen and oxygen atoms in total. The Kier molecular flexibility index (Phi) is 7.09. The summed E-state index contributed by atoms with van der Waals surface area (Å²) in [7, 11) is 0. The van der Waals surface area contributed by atoms with E-state index in [9.17, 15) is 9.90 Å². The molecule has 0 bridgehead atoms. The second-order valence-electron chi connectivity index (χ2n) is 9.80. The molecule has 1 unspecified atom stereocenters. The van der Waals surface area contributed by atoms with E-state index in [-0.39, 0.29) is 36.6 Å². The van der Waals surface area contributed by atoms with Crippen LogP contribution in [-0.2, 0) is 4.79 Å². The van der Waals surface area contributed by atoms with Gasteiger partial charge in [-0.3, -0.25) is 9.69 Å². The highest BCUT2D eigenvalue weighted by molar-refractivity contribution is 6.35. The van der Waals surface area contributed by atoms with Gasteiger partial charge in [0.25, 0.3) is 0 Å². The quantitative estimate of drug-likeness (QED) is 0.501. The monoisotopic (exact) mass is 531 g/mol. The molecule has 0 radical (unpaired) electrons. The zero-order chi connectivity index (χ0) is 25.6. The molecule has 4 atom stereocenters. The summed E-state index contributed by atoms with van der Waals surface area (Å²) >= 11 is 12.6. The van der Waals surface area contributed by atoms with Crippen LogP contribution in [0.5, 0.6) is 0 Å². The highest BCUT2D eigenvalue weighted by Gasteiger charge is 2.41. The Morgan fingerprint density at radius 2 is 2.08 bits per heavy atom. The SMILES string of the molecule is Cc1nn([C@H](C)c2ccc(Cl)cc2Cl)c2nc(N3CC[C@H](N4CCCC4CO)[C@H](C(N)=O)C3)cnc12. The Morgan fingerprint density at radius 1 is 1.28 bits per heavy atom. The van der Waals surface area contributed by atoms with E-state index < -0.39 is 0 Å². The number of fused-ring (bicyclic) bond motifs is 1. The van der Waals surface area contributed by atoms with E-state index in [1.54, 1.807) is 12.3 Å². The Morgan fingerprint density at radius 3 is 2.81 bits per heavy atom. The van der Waals surface area contributed by atoms with Crippen LogP contribution in [0.15, 0.2) is 24.4 Å². The van der Waals surface area contributed by atoms with E-state index in [2.05, 4.69) is 14.8 Å². The minimum absolute atomic E-state index is 0.0231. The summed E-state index contributed by atoms with van der Waals surface area (Å²) in [4.78, 5) is 26.5. The summed E-state index contributed by atoms with van der Waals surface area (Å²) in [6, 6.07) is 5.36. The number of hydrogen-bond acceptors (Lipinski definition) is 7. The van der Waals surface area contributed by atoms with Crippen LogP contribution in [0.25, 0.3) is 11.2 Å². The summed E-state index contributed by atoms with van der Waals surface area (Å²) in [5, 5.41) is 15.7. The molecule has 2 aliphatic heterocycles. The van der Waals surface area contributed by atoms with E-state index >= 15 is 0 Å². The Balaban J connectivity index is 1.45. The molecular weight excluding hydrogens is 501 g/mol. The molecule has 2 aliphatic rings. The fourth-order valence-corrected chi connectivity index (χ4v) is 6.32. The molecule has 3 aromatic rings.